The van der Waals surface area contributed by atoms with E-state index in [-0.39, 0.29) is 0 Å². The lowest BCUT2D eigenvalue weighted by atomic mass is 9.89. The number of aromatic nitrogens is 3. The molecule has 1 fully saturated rings. The summed E-state index contributed by atoms with van der Waals surface area (Å²) in [5.74, 6) is 0.628. The van der Waals surface area contributed by atoms with Gasteiger partial charge >= 0.3 is 0 Å². The maximum absolute atomic E-state index is 5.49. The van der Waals surface area contributed by atoms with E-state index in [1.165, 1.54) is 0 Å². The second-order valence-corrected chi connectivity index (χ2v) is 4.20. The highest BCUT2D eigenvalue weighted by Gasteiger charge is 2.29. The molecule has 88 valence electrons. The molecule has 0 spiro atoms. The Morgan fingerprint density at radius 1 is 1.25 bits per heavy atom. The van der Waals surface area contributed by atoms with Gasteiger partial charge in [0.1, 0.15) is 0 Å². The van der Waals surface area contributed by atoms with E-state index in [0.29, 0.717) is 18.1 Å². The third-order valence-corrected chi connectivity index (χ3v) is 2.92. The second-order valence-electron chi connectivity index (χ2n) is 4.20. The smallest absolute Gasteiger partial charge is 0.243 e. The van der Waals surface area contributed by atoms with Crippen LogP contribution in [-0.4, -0.2) is 33.9 Å². The van der Waals surface area contributed by atoms with Gasteiger partial charge in [0, 0.05) is 12.6 Å². The summed E-state index contributed by atoms with van der Waals surface area (Å²) in [6.07, 6.45) is 2.47. The van der Waals surface area contributed by atoms with Crippen molar-refractivity contribution in [2.24, 2.45) is 0 Å². The predicted molar refractivity (Wildman–Crippen MR) is 61.4 cm³/mol. The lowest BCUT2D eigenvalue weighted by molar-refractivity contribution is 0.00283. The summed E-state index contributed by atoms with van der Waals surface area (Å²) >= 11 is 0. The zero-order valence-electron chi connectivity index (χ0n) is 10.0. The molecule has 0 radical (unpaired) electrons. The minimum absolute atomic E-state index is 0.405. The SMILES string of the molecule is CCOC1CC(Nc2nnc(C)c(C)n2)C1. The highest BCUT2D eigenvalue weighted by Crippen LogP contribution is 2.25. The van der Waals surface area contributed by atoms with E-state index in [0.717, 1.165) is 30.8 Å². The molecule has 16 heavy (non-hydrogen) atoms. The number of nitrogens with one attached hydrogen (secondary N) is 1. The summed E-state index contributed by atoms with van der Waals surface area (Å²) in [5.41, 5.74) is 1.81. The van der Waals surface area contributed by atoms with Gasteiger partial charge in [0.2, 0.25) is 5.95 Å². The molecule has 1 saturated carbocycles. The highest BCUT2D eigenvalue weighted by atomic mass is 16.5. The summed E-state index contributed by atoms with van der Waals surface area (Å²) in [6, 6.07) is 0.431. The average Bonchev–Trinajstić information content (AvgIpc) is 2.20. The first-order chi connectivity index (χ1) is 7.69. The highest BCUT2D eigenvalue weighted by molar-refractivity contribution is 5.27. The number of ether oxygens (including phenoxy) is 1. The molecule has 0 saturated heterocycles. The lowest BCUT2D eigenvalue weighted by Gasteiger charge is -2.35. The molecule has 1 N–H and O–H groups in total. The third-order valence-electron chi connectivity index (χ3n) is 2.92. The molecule has 1 aliphatic rings. The molecule has 0 atom stereocenters. The number of hydrogen-bond donors (Lipinski definition) is 1. The van der Waals surface area contributed by atoms with Crippen molar-refractivity contribution in [2.75, 3.05) is 11.9 Å². The van der Waals surface area contributed by atoms with Crippen LogP contribution in [0.15, 0.2) is 0 Å². The van der Waals surface area contributed by atoms with Gasteiger partial charge in [-0.2, -0.15) is 5.10 Å². The molecule has 0 unspecified atom stereocenters. The largest absolute Gasteiger partial charge is 0.378 e. The molecule has 5 heteroatoms. The first-order valence-corrected chi connectivity index (χ1v) is 5.75. The zero-order chi connectivity index (χ0) is 11.5. The number of nitrogens with zero attached hydrogens (tertiary/aromatic N) is 3. The van der Waals surface area contributed by atoms with Crippen molar-refractivity contribution >= 4 is 5.95 Å². The first kappa shape index (κ1) is 11.3. The summed E-state index contributed by atoms with van der Waals surface area (Å²) < 4.78 is 5.49. The minimum Gasteiger partial charge on any atom is -0.378 e. The van der Waals surface area contributed by atoms with Crippen molar-refractivity contribution in [1.82, 2.24) is 15.2 Å². The second kappa shape index (κ2) is 4.74. The fourth-order valence-electron chi connectivity index (χ4n) is 1.76. The van der Waals surface area contributed by atoms with Crippen molar-refractivity contribution in [3.05, 3.63) is 11.4 Å². The van der Waals surface area contributed by atoms with Gasteiger partial charge in [-0.15, -0.1) is 5.10 Å². The Hall–Kier alpha value is -1.23. The van der Waals surface area contributed by atoms with Crippen LogP contribution in [0.5, 0.6) is 0 Å². The van der Waals surface area contributed by atoms with Crippen LogP contribution >= 0.6 is 0 Å². The van der Waals surface area contributed by atoms with Crippen molar-refractivity contribution in [3.63, 3.8) is 0 Å². The van der Waals surface area contributed by atoms with Gasteiger partial charge in [0.05, 0.1) is 17.5 Å². The molecule has 0 amide bonds. The third kappa shape index (κ3) is 2.47. The fraction of sp³-hybridized carbons (Fsp3) is 0.727. The van der Waals surface area contributed by atoms with E-state index in [9.17, 15) is 0 Å². The summed E-state index contributed by atoms with van der Waals surface area (Å²) in [6.45, 7) is 6.67. The van der Waals surface area contributed by atoms with E-state index in [4.69, 9.17) is 4.74 Å². The Labute approximate surface area is 95.6 Å². The standard InChI is InChI=1S/C11H18N4O/c1-4-16-10-5-9(6-10)13-11-12-7(2)8(3)14-15-11/h9-10H,4-6H2,1-3H3,(H,12,13,15). The van der Waals surface area contributed by atoms with Crippen molar-refractivity contribution < 1.29 is 4.74 Å². The summed E-state index contributed by atoms with van der Waals surface area (Å²) in [4.78, 5) is 4.34. The van der Waals surface area contributed by atoms with Crippen LogP contribution in [-0.2, 0) is 4.74 Å². The molecule has 5 nitrogen and oxygen atoms in total. The molecule has 0 aromatic carbocycles. The van der Waals surface area contributed by atoms with Crippen LogP contribution in [0.2, 0.25) is 0 Å². The zero-order valence-corrected chi connectivity index (χ0v) is 10.0. The van der Waals surface area contributed by atoms with E-state index >= 15 is 0 Å². The Balaban J connectivity index is 1.84. The van der Waals surface area contributed by atoms with Crippen molar-refractivity contribution in [1.29, 1.82) is 0 Å². The van der Waals surface area contributed by atoms with Crippen LogP contribution < -0.4 is 5.32 Å². The normalized spacial score (nSPS) is 23.9. The summed E-state index contributed by atoms with van der Waals surface area (Å²) in [7, 11) is 0. The number of aryl methyl sites for hydroxylation is 2. The Morgan fingerprint density at radius 3 is 2.62 bits per heavy atom. The average molecular weight is 222 g/mol. The molecular formula is C11H18N4O. The van der Waals surface area contributed by atoms with Crippen LogP contribution in [0.1, 0.15) is 31.2 Å². The predicted octanol–water partition coefficient (Wildman–Crippen LogP) is 1.47. The maximum Gasteiger partial charge on any atom is 0.243 e. The van der Waals surface area contributed by atoms with Crippen molar-refractivity contribution in [2.45, 2.75) is 45.8 Å². The van der Waals surface area contributed by atoms with Crippen molar-refractivity contribution in [3.8, 4) is 0 Å². The van der Waals surface area contributed by atoms with Gasteiger partial charge in [-0.05, 0) is 33.6 Å². The molecule has 1 aromatic rings. The van der Waals surface area contributed by atoms with E-state index in [1.807, 2.05) is 20.8 Å². The number of rotatable bonds is 4. The molecular weight excluding hydrogens is 204 g/mol. The molecule has 1 aliphatic carbocycles. The van der Waals surface area contributed by atoms with Gasteiger partial charge in [-0.25, -0.2) is 4.98 Å². The topological polar surface area (TPSA) is 59.9 Å². The summed E-state index contributed by atoms with van der Waals surface area (Å²) in [5, 5.41) is 11.3. The van der Waals surface area contributed by atoms with Gasteiger partial charge in [-0.3, -0.25) is 0 Å². The van der Waals surface area contributed by atoms with E-state index < -0.39 is 0 Å². The monoisotopic (exact) mass is 222 g/mol. The van der Waals surface area contributed by atoms with E-state index in [1.54, 1.807) is 0 Å². The quantitative estimate of drug-likeness (QED) is 0.836. The van der Waals surface area contributed by atoms with Crippen LogP contribution in [0, 0.1) is 13.8 Å². The molecule has 1 aromatic heterocycles. The lowest BCUT2D eigenvalue weighted by Crippen LogP contribution is -2.41. The van der Waals surface area contributed by atoms with Crippen LogP contribution in [0.4, 0.5) is 5.95 Å². The Morgan fingerprint density at radius 2 is 2.00 bits per heavy atom. The van der Waals surface area contributed by atoms with E-state index in [2.05, 4.69) is 20.5 Å². The number of hydrogen-bond acceptors (Lipinski definition) is 5. The van der Waals surface area contributed by atoms with Gasteiger partial charge < -0.3 is 10.1 Å². The first-order valence-electron chi connectivity index (χ1n) is 5.75. The van der Waals surface area contributed by atoms with Crippen LogP contribution in [0.3, 0.4) is 0 Å². The molecule has 0 bridgehead atoms. The minimum atomic E-state index is 0.405. The maximum atomic E-state index is 5.49. The van der Waals surface area contributed by atoms with Gasteiger partial charge in [0.25, 0.3) is 0 Å². The van der Waals surface area contributed by atoms with Crippen LogP contribution in [0.25, 0.3) is 0 Å². The van der Waals surface area contributed by atoms with Gasteiger partial charge in [-0.1, -0.05) is 0 Å². The van der Waals surface area contributed by atoms with Gasteiger partial charge in [0.15, 0.2) is 0 Å². The number of anilines is 1. The molecule has 1 heterocycles. The Kier molecular flexibility index (Phi) is 3.33. The Bertz CT molecular complexity index is 363. The molecule has 2 rings (SSSR count). The molecule has 0 aliphatic heterocycles. The fourth-order valence-corrected chi connectivity index (χ4v) is 1.76.